The minimum absolute atomic E-state index is 0.0907. The molecule has 1 aromatic carbocycles. The third kappa shape index (κ3) is 3.73. The lowest BCUT2D eigenvalue weighted by atomic mass is 10.3. The first-order chi connectivity index (χ1) is 9.78. The van der Waals surface area contributed by atoms with E-state index in [1.165, 1.54) is 42.2 Å². The number of aryl methyl sites for hydroxylation is 1. The van der Waals surface area contributed by atoms with Crippen molar-refractivity contribution in [1.82, 2.24) is 9.55 Å². The van der Waals surface area contributed by atoms with Crippen LogP contribution in [0.4, 0.5) is 11.4 Å². The van der Waals surface area contributed by atoms with Crippen molar-refractivity contribution in [2.24, 2.45) is 7.05 Å². The van der Waals surface area contributed by atoms with Crippen molar-refractivity contribution in [1.29, 1.82) is 0 Å². The van der Waals surface area contributed by atoms with Crippen LogP contribution < -0.4 is 10.0 Å². The maximum atomic E-state index is 12.1. The van der Waals surface area contributed by atoms with Crippen LogP contribution in [0.3, 0.4) is 0 Å². The molecular formula is C12H13ClN4O3S. The molecule has 21 heavy (non-hydrogen) atoms. The van der Waals surface area contributed by atoms with Gasteiger partial charge < -0.3 is 9.88 Å². The molecule has 0 saturated carbocycles. The lowest BCUT2D eigenvalue weighted by Gasteiger charge is -2.09. The molecule has 0 atom stereocenters. The van der Waals surface area contributed by atoms with Crippen LogP contribution in [0.5, 0.6) is 0 Å². The van der Waals surface area contributed by atoms with E-state index in [4.69, 9.17) is 11.6 Å². The molecule has 0 bridgehead atoms. The Bertz CT molecular complexity index is 786. The van der Waals surface area contributed by atoms with Gasteiger partial charge in [0.2, 0.25) is 5.91 Å². The Morgan fingerprint density at radius 1 is 1.38 bits per heavy atom. The Morgan fingerprint density at radius 3 is 2.62 bits per heavy atom. The first-order valence-electron chi connectivity index (χ1n) is 5.86. The number of imidazole rings is 1. The highest BCUT2D eigenvalue weighted by atomic mass is 35.5. The molecule has 0 radical (unpaired) electrons. The highest BCUT2D eigenvalue weighted by Gasteiger charge is 2.17. The SMILES string of the molecule is CC(=O)Nc1ccc(NS(=O)(=O)c2cn(C)cn2)cc1Cl. The molecule has 0 aliphatic carbocycles. The predicted octanol–water partition coefficient (Wildman–Crippen LogP) is 1.83. The number of anilines is 2. The standard InChI is InChI=1S/C12H13ClN4O3S/c1-8(18)15-11-4-3-9(5-10(11)13)16-21(19,20)12-6-17(2)7-14-12/h3-7,16H,1-2H3,(H,15,18). The normalized spacial score (nSPS) is 11.2. The highest BCUT2D eigenvalue weighted by molar-refractivity contribution is 7.92. The molecule has 7 nitrogen and oxygen atoms in total. The molecular weight excluding hydrogens is 316 g/mol. The molecule has 2 rings (SSSR count). The molecule has 1 amide bonds. The molecule has 1 aromatic heterocycles. The van der Waals surface area contributed by atoms with Crippen LogP contribution in [-0.2, 0) is 21.9 Å². The second-order valence-electron chi connectivity index (χ2n) is 4.36. The Balaban J connectivity index is 2.24. The number of nitrogens with zero attached hydrogens (tertiary/aromatic N) is 2. The summed E-state index contributed by atoms with van der Waals surface area (Å²) in [6.45, 7) is 1.36. The van der Waals surface area contributed by atoms with Gasteiger partial charge in [-0.05, 0) is 18.2 Å². The average molecular weight is 329 g/mol. The molecule has 1 heterocycles. The van der Waals surface area contributed by atoms with Crippen molar-refractivity contribution in [2.75, 3.05) is 10.0 Å². The van der Waals surface area contributed by atoms with E-state index in [1.54, 1.807) is 7.05 Å². The minimum atomic E-state index is -3.77. The maximum absolute atomic E-state index is 12.1. The summed E-state index contributed by atoms with van der Waals surface area (Å²) in [5.41, 5.74) is 0.685. The van der Waals surface area contributed by atoms with Crippen LogP contribution in [0.2, 0.25) is 5.02 Å². The van der Waals surface area contributed by atoms with Crippen molar-refractivity contribution in [3.8, 4) is 0 Å². The van der Waals surface area contributed by atoms with E-state index in [0.29, 0.717) is 5.69 Å². The summed E-state index contributed by atoms with van der Waals surface area (Å²) >= 11 is 5.98. The van der Waals surface area contributed by atoms with Gasteiger partial charge in [0.1, 0.15) is 0 Å². The quantitative estimate of drug-likeness (QED) is 0.895. The van der Waals surface area contributed by atoms with Crippen LogP contribution in [0.25, 0.3) is 0 Å². The number of nitrogens with one attached hydrogen (secondary N) is 2. The molecule has 0 unspecified atom stereocenters. The first kappa shape index (κ1) is 15.3. The summed E-state index contributed by atoms with van der Waals surface area (Å²) in [7, 11) is -2.10. The van der Waals surface area contributed by atoms with Crippen LogP contribution in [-0.4, -0.2) is 23.9 Å². The van der Waals surface area contributed by atoms with Crippen LogP contribution >= 0.6 is 11.6 Å². The van der Waals surface area contributed by atoms with E-state index in [1.807, 2.05) is 0 Å². The topological polar surface area (TPSA) is 93.1 Å². The largest absolute Gasteiger partial charge is 0.339 e. The summed E-state index contributed by atoms with van der Waals surface area (Å²) in [6.07, 6.45) is 2.77. The van der Waals surface area contributed by atoms with Crippen LogP contribution in [0.15, 0.2) is 35.7 Å². The summed E-state index contributed by atoms with van der Waals surface area (Å²) in [5.74, 6) is -0.265. The summed E-state index contributed by atoms with van der Waals surface area (Å²) in [5, 5.41) is 2.67. The number of halogens is 1. The third-order valence-corrected chi connectivity index (χ3v) is 4.07. The van der Waals surface area contributed by atoms with Gasteiger partial charge in [0.05, 0.1) is 22.7 Å². The van der Waals surface area contributed by atoms with Gasteiger partial charge in [-0.3, -0.25) is 9.52 Å². The Labute approximate surface area is 127 Å². The molecule has 2 aromatic rings. The van der Waals surface area contributed by atoms with Crippen molar-refractivity contribution in [2.45, 2.75) is 11.9 Å². The molecule has 0 spiro atoms. The van der Waals surface area contributed by atoms with Gasteiger partial charge >= 0.3 is 0 Å². The number of rotatable bonds is 4. The van der Waals surface area contributed by atoms with E-state index in [9.17, 15) is 13.2 Å². The number of aromatic nitrogens is 2. The number of sulfonamides is 1. The molecule has 112 valence electrons. The van der Waals surface area contributed by atoms with Crippen molar-refractivity contribution < 1.29 is 13.2 Å². The summed E-state index contributed by atoms with van der Waals surface area (Å²) < 4.78 is 28.1. The van der Waals surface area contributed by atoms with E-state index in [-0.39, 0.29) is 21.6 Å². The number of benzene rings is 1. The van der Waals surface area contributed by atoms with E-state index < -0.39 is 10.0 Å². The Morgan fingerprint density at radius 2 is 2.10 bits per heavy atom. The van der Waals surface area contributed by atoms with E-state index in [2.05, 4.69) is 15.0 Å². The molecule has 0 fully saturated rings. The predicted molar refractivity (Wildman–Crippen MR) is 79.8 cm³/mol. The molecule has 2 N–H and O–H groups in total. The summed E-state index contributed by atoms with van der Waals surface area (Å²) in [4.78, 5) is 14.8. The Kier molecular flexibility index (Phi) is 4.19. The fourth-order valence-corrected chi connectivity index (χ4v) is 2.87. The smallest absolute Gasteiger partial charge is 0.280 e. The maximum Gasteiger partial charge on any atom is 0.280 e. The van der Waals surface area contributed by atoms with Gasteiger partial charge in [-0.2, -0.15) is 8.42 Å². The number of amides is 1. The zero-order chi connectivity index (χ0) is 15.6. The first-order valence-corrected chi connectivity index (χ1v) is 7.72. The van der Waals surface area contributed by atoms with E-state index in [0.717, 1.165) is 0 Å². The van der Waals surface area contributed by atoms with Gasteiger partial charge in [-0.25, -0.2) is 4.98 Å². The zero-order valence-corrected chi connectivity index (χ0v) is 12.9. The monoisotopic (exact) mass is 328 g/mol. The third-order valence-electron chi connectivity index (χ3n) is 2.49. The molecule has 0 aliphatic rings. The fourth-order valence-electron chi connectivity index (χ4n) is 1.60. The van der Waals surface area contributed by atoms with Crippen molar-refractivity contribution in [3.05, 3.63) is 35.7 Å². The zero-order valence-electron chi connectivity index (χ0n) is 11.3. The highest BCUT2D eigenvalue weighted by Crippen LogP contribution is 2.26. The van der Waals surface area contributed by atoms with Gasteiger partial charge in [0.25, 0.3) is 10.0 Å². The second kappa shape index (κ2) is 5.74. The lowest BCUT2D eigenvalue weighted by Crippen LogP contribution is -2.13. The number of hydrogen-bond donors (Lipinski definition) is 2. The number of carbonyl (C=O) groups excluding carboxylic acids is 1. The number of hydrogen-bond acceptors (Lipinski definition) is 4. The van der Waals surface area contributed by atoms with Gasteiger partial charge in [-0.1, -0.05) is 11.6 Å². The number of carbonyl (C=O) groups is 1. The lowest BCUT2D eigenvalue weighted by molar-refractivity contribution is -0.114. The fraction of sp³-hybridized carbons (Fsp3) is 0.167. The van der Waals surface area contributed by atoms with Gasteiger partial charge in [0.15, 0.2) is 5.03 Å². The molecule has 0 aliphatic heterocycles. The second-order valence-corrected chi connectivity index (χ2v) is 6.40. The van der Waals surface area contributed by atoms with Gasteiger partial charge in [0, 0.05) is 20.2 Å². The molecule has 0 saturated heterocycles. The Hall–Kier alpha value is -2.06. The van der Waals surface area contributed by atoms with Crippen LogP contribution in [0.1, 0.15) is 6.92 Å². The average Bonchev–Trinajstić information content (AvgIpc) is 2.79. The summed E-state index contributed by atoms with van der Waals surface area (Å²) in [6, 6.07) is 4.42. The van der Waals surface area contributed by atoms with E-state index >= 15 is 0 Å². The van der Waals surface area contributed by atoms with Crippen molar-refractivity contribution in [3.63, 3.8) is 0 Å². The minimum Gasteiger partial charge on any atom is -0.339 e. The molecule has 9 heteroatoms. The van der Waals surface area contributed by atoms with Gasteiger partial charge in [-0.15, -0.1) is 0 Å². The van der Waals surface area contributed by atoms with Crippen molar-refractivity contribution >= 4 is 38.9 Å². The van der Waals surface area contributed by atoms with Crippen LogP contribution in [0, 0.1) is 0 Å².